The fraction of sp³-hybridized carbons (Fsp3) is 0.522. The zero-order valence-electron chi connectivity index (χ0n) is 16.6. The number of aliphatic hydroxyl groups excluding tert-OH is 1. The summed E-state index contributed by atoms with van der Waals surface area (Å²) in [5, 5.41) is 9.18. The third-order valence-corrected chi connectivity index (χ3v) is 6.84. The summed E-state index contributed by atoms with van der Waals surface area (Å²) in [6.45, 7) is 1.44. The Balaban J connectivity index is 1.37. The van der Waals surface area contributed by atoms with Gasteiger partial charge in [-0.15, -0.1) is 0 Å². The highest BCUT2D eigenvalue weighted by Gasteiger charge is 2.46. The molecule has 0 radical (unpaired) electrons. The number of carbonyl (C=O) groups is 1. The molecule has 1 saturated carbocycles. The van der Waals surface area contributed by atoms with E-state index in [-0.39, 0.29) is 23.5 Å². The highest BCUT2D eigenvalue weighted by Crippen LogP contribution is 2.45. The summed E-state index contributed by atoms with van der Waals surface area (Å²) >= 11 is 0. The number of rotatable bonds is 4. The van der Waals surface area contributed by atoms with E-state index in [1.54, 1.807) is 0 Å². The zero-order chi connectivity index (χ0) is 20.0. The number of carbonyl (C=O) groups excluding carboxylic acids is 1. The number of H-pyrrole nitrogens is 1. The van der Waals surface area contributed by atoms with Gasteiger partial charge in [-0.25, -0.2) is 4.98 Å². The van der Waals surface area contributed by atoms with Crippen molar-refractivity contribution < 1.29 is 9.90 Å². The Labute approximate surface area is 170 Å². The van der Waals surface area contributed by atoms with Crippen LogP contribution in [-0.2, 0) is 29.7 Å². The van der Waals surface area contributed by atoms with Gasteiger partial charge in [-0.2, -0.15) is 0 Å². The lowest BCUT2D eigenvalue weighted by Gasteiger charge is -2.40. The molecule has 0 bridgehead atoms. The summed E-state index contributed by atoms with van der Waals surface area (Å²) in [5.74, 6) is 1.39. The van der Waals surface area contributed by atoms with Gasteiger partial charge in [0.05, 0.1) is 18.7 Å². The van der Waals surface area contributed by atoms with Crippen LogP contribution in [-0.4, -0.2) is 39.0 Å². The Morgan fingerprint density at radius 3 is 2.69 bits per heavy atom. The maximum atomic E-state index is 13.0. The number of benzene rings is 1. The molecule has 5 rings (SSSR count). The number of hydrogen-bond donors (Lipinski definition) is 2. The molecule has 1 aromatic heterocycles. The standard InChI is InChI=1S/C23H27N3O3/c27-13-16-4-2-15(3-5-16)12-19(28)26-11-1-9-23(14-26)10-8-18-20(23)24-21(17-6-7-17)25-22(18)29/h2-5,17,27H,1,6-14H2,(H,24,25,29). The van der Waals surface area contributed by atoms with Crippen LogP contribution in [0.2, 0.25) is 0 Å². The van der Waals surface area contributed by atoms with E-state index in [9.17, 15) is 14.7 Å². The van der Waals surface area contributed by atoms with Gasteiger partial charge in [0, 0.05) is 30.0 Å². The van der Waals surface area contributed by atoms with E-state index in [0.717, 1.165) is 73.3 Å². The van der Waals surface area contributed by atoms with Crippen LogP contribution in [0.5, 0.6) is 0 Å². The molecule has 152 valence electrons. The van der Waals surface area contributed by atoms with Gasteiger partial charge in [-0.3, -0.25) is 9.59 Å². The Morgan fingerprint density at radius 1 is 1.21 bits per heavy atom. The highest BCUT2D eigenvalue weighted by molar-refractivity contribution is 5.79. The Hall–Kier alpha value is -2.47. The number of fused-ring (bicyclic) bond motifs is 2. The number of piperidine rings is 1. The van der Waals surface area contributed by atoms with E-state index in [0.29, 0.717) is 18.9 Å². The van der Waals surface area contributed by atoms with Crippen LogP contribution < -0.4 is 5.56 Å². The second kappa shape index (κ2) is 7.10. The number of aromatic amines is 1. The largest absolute Gasteiger partial charge is 0.392 e. The molecule has 1 spiro atoms. The number of aliphatic hydroxyl groups is 1. The van der Waals surface area contributed by atoms with Crippen molar-refractivity contribution >= 4 is 5.91 Å². The second-order valence-corrected chi connectivity index (χ2v) is 8.90. The molecule has 1 saturated heterocycles. The third-order valence-electron chi connectivity index (χ3n) is 6.84. The molecule has 2 aromatic rings. The van der Waals surface area contributed by atoms with E-state index >= 15 is 0 Å². The van der Waals surface area contributed by atoms with Crippen LogP contribution >= 0.6 is 0 Å². The van der Waals surface area contributed by atoms with Crippen LogP contribution in [0.1, 0.15) is 66.2 Å². The van der Waals surface area contributed by atoms with Gasteiger partial charge in [0.25, 0.3) is 5.56 Å². The summed E-state index contributed by atoms with van der Waals surface area (Å²) in [6, 6.07) is 7.56. The van der Waals surface area contributed by atoms with Crippen molar-refractivity contribution in [1.29, 1.82) is 0 Å². The van der Waals surface area contributed by atoms with Gasteiger partial charge in [-0.1, -0.05) is 24.3 Å². The maximum Gasteiger partial charge on any atom is 0.254 e. The SMILES string of the molecule is O=C(Cc1ccc(CO)cc1)N1CCCC2(CCc3c2nc(C2CC2)[nH]c3=O)C1. The lowest BCUT2D eigenvalue weighted by molar-refractivity contribution is -0.132. The number of amides is 1. The first-order valence-corrected chi connectivity index (χ1v) is 10.7. The molecule has 29 heavy (non-hydrogen) atoms. The van der Waals surface area contributed by atoms with Crippen molar-refractivity contribution in [2.24, 2.45) is 0 Å². The van der Waals surface area contributed by atoms with Gasteiger partial charge in [0.2, 0.25) is 5.91 Å². The molecule has 3 aliphatic rings. The molecule has 1 amide bonds. The number of likely N-dealkylation sites (tertiary alicyclic amines) is 1. The lowest BCUT2D eigenvalue weighted by atomic mass is 9.77. The number of aromatic nitrogens is 2. The van der Waals surface area contributed by atoms with Crippen molar-refractivity contribution in [3.05, 3.63) is 62.8 Å². The van der Waals surface area contributed by atoms with Crippen molar-refractivity contribution in [1.82, 2.24) is 14.9 Å². The molecule has 2 heterocycles. The first-order valence-electron chi connectivity index (χ1n) is 10.7. The van der Waals surface area contributed by atoms with Crippen LogP contribution in [0.25, 0.3) is 0 Å². The van der Waals surface area contributed by atoms with Crippen LogP contribution in [0.15, 0.2) is 29.1 Å². The monoisotopic (exact) mass is 393 g/mol. The fourth-order valence-corrected chi connectivity index (χ4v) is 5.01. The van der Waals surface area contributed by atoms with E-state index in [1.165, 1.54) is 0 Å². The van der Waals surface area contributed by atoms with Crippen LogP contribution in [0, 0.1) is 0 Å². The van der Waals surface area contributed by atoms with Crippen LogP contribution in [0.4, 0.5) is 0 Å². The van der Waals surface area contributed by atoms with Gasteiger partial charge >= 0.3 is 0 Å². The van der Waals surface area contributed by atoms with Gasteiger partial charge in [0.15, 0.2) is 0 Å². The quantitative estimate of drug-likeness (QED) is 0.834. The summed E-state index contributed by atoms with van der Waals surface area (Å²) in [5.41, 5.74) is 3.48. The number of hydrogen-bond acceptors (Lipinski definition) is 4. The number of nitrogens with one attached hydrogen (secondary N) is 1. The van der Waals surface area contributed by atoms with Gasteiger partial charge in [-0.05, 0) is 49.7 Å². The summed E-state index contributed by atoms with van der Waals surface area (Å²) in [4.78, 5) is 35.5. The minimum atomic E-state index is -0.165. The van der Waals surface area contributed by atoms with E-state index in [2.05, 4.69) is 4.98 Å². The fourth-order valence-electron chi connectivity index (χ4n) is 5.01. The molecule has 2 fully saturated rings. The van der Waals surface area contributed by atoms with E-state index in [4.69, 9.17) is 4.98 Å². The Bertz CT molecular complexity index is 993. The minimum Gasteiger partial charge on any atom is -0.392 e. The van der Waals surface area contributed by atoms with Gasteiger partial charge < -0.3 is 15.0 Å². The van der Waals surface area contributed by atoms with Gasteiger partial charge in [0.1, 0.15) is 5.82 Å². The topological polar surface area (TPSA) is 86.3 Å². The molecular formula is C23H27N3O3. The first-order chi connectivity index (χ1) is 14.1. The first kappa shape index (κ1) is 18.6. The molecule has 1 aliphatic heterocycles. The molecular weight excluding hydrogens is 366 g/mol. The normalized spacial score (nSPS) is 23.4. The van der Waals surface area contributed by atoms with E-state index < -0.39 is 0 Å². The average molecular weight is 393 g/mol. The van der Waals surface area contributed by atoms with Crippen LogP contribution in [0.3, 0.4) is 0 Å². The van der Waals surface area contributed by atoms with Crippen molar-refractivity contribution in [3.8, 4) is 0 Å². The second-order valence-electron chi connectivity index (χ2n) is 8.90. The zero-order valence-corrected chi connectivity index (χ0v) is 16.6. The number of nitrogens with zero attached hydrogens (tertiary/aromatic N) is 2. The summed E-state index contributed by atoms with van der Waals surface area (Å²) in [7, 11) is 0. The maximum absolute atomic E-state index is 13.0. The molecule has 1 atom stereocenters. The minimum absolute atomic E-state index is 0.0112. The average Bonchev–Trinajstić information content (AvgIpc) is 3.53. The molecule has 2 aliphatic carbocycles. The lowest BCUT2D eigenvalue weighted by Crippen LogP contribution is -2.48. The third kappa shape index (κ3) is 3.39. The summed E-state index contributed by atoms with van der Waals surface area (Å²) < 4.78 is 0. The molecule has 1 unspecified atom stereocenters. The molecule has 6 nitrogen and oxygen atoms in total. The Morgan fingerprint density at radius 2 is 1.97 bits per heavy atom. The summed E-state index contributed by atoms with van der Waals surface area (Å²) in [6.07, 6.45) is 6.18. The molecule has 6 heteroatoms. The van der Waals surface area contributed by atoms with Crippen molar-refractivity contribution in [3.63, 3.8) is 0 Å². The smallest absolute Gasteiger partial charge is 0.254 e. The predicted molar refractivity (Wildman–Crippen MR) is 109 cm³/mol. The highest BCUT2D eigenvalue weighted by atomic mass is 16.3. The molecule has 1 aromatic carbocycles. The van der Waals surface area contributed by atoms with E-state index in [1.807, 2.05) is 29.2 Å². The predicted octanol–water partition coefficient (Wildman–Crippen LogP) is 2.19. The molecule has 2 N–H and O–H groups in total. The van der Waals surface area contributed by atoms with Crippen molar-refractivity contribution in [2.75, 3.05) is 13.1 Å². The Kier molecular flexibility index (Phi) is 4.54. The van der Waals surface area contributed by atoms with Crippen molar-refractivity contribution in [2.45, 2.75) is 62.9 Å².